The molecule has 1 aliphatic rings. The van der Waals surface area contributed by atoms with E-state index in [4.69, 9.17) is 10.6 Å². The summed E-state index contributed by atoms with van der Waals surface area (Å²) in [7, 11) is 1.77. The van der Waals surface area contributed by atoms with Gasteiger partial charge < -0.3 is 4.74 Å². The predicted molar refractivity (Wildman–Crippen MR) is 111 cm³/mol. The number of ether oxygens (including phenoxy) is 1. The average Bonchev–Trinajstić information content (AvgIpc) is 2.63. The van der Waals surface area contributed by atoms with Crippen molar-refractivity contribution in [2.24, 2.45) is 11.8 Å². The van der Waals surface area contributed by atoms with Crippen LogP contribution in [0.2, 0.25) is 0 Å². The number of nitrogens with zero attached hydrogens (tertiary/aromatic N) is 1. The summed E-state index contributed by atoms with van der Waals surface area (Å²) in [6.07, 6.45) is 5.65. The van der Waals surface area contributed by atoms with Crippen molar-refractivity contribution in [2.45, 2.75) is 45.1 Å². The van der Waals surface area contributed by atoms with Crippen molar-refractivity contribution in [3.8, 4) is 5.75 Å². The van der Waals surface area contributed by atoms with Crippen LogP contribution in [0.4, 0.5) is 0 Å². The molecule has 0 unspecified atom stereocenters. The van der Waals surface area contributed by atoms with E-state index in [1.54, 1.807) is 7.11 Å². The highest BCUT2D eigenvalue weighted by atomic mass is 35.5. The predicted octanol–water partition coefficient (Wildman–Crippen LogP) is 4.94. The third-order valence-corrected chi connectivity index (χ3v) is 5.30. The Morgan fingerprint density at radius 2 is 1.92 bits per heavy atom. The van der Waals surface area contributed by atoms with Crippen LogP contribution in [0.3, 0.4) is 0 Å². The Hall–Kier alpha value is -1.55. The molecule has 3 nitrogen and oxygen atoms in total. The zero-order valence-electron chi connectivity index (χ0n) is 15.9. The van der Waals surface area contributed by atoms with E-state index in [2.05, 4.69) is 55.5 Å². The SMILES string of the molecule is CCCc1ccc(OC)c(C[C@@H]2CCCN(N)[C@@H]2c2ccccc2)c1.Cl. The van der Waals surface area contributed by atoms with Crippen molar-refractivity contribution in [3.05, 3.63) is 65.2 Å². The molecular formula is C22H31ClN2O. The number of benzene rings is 2. The Morgan fingerprint density at radius 3 is 2.62 bits per heavy atom. The topological polar surface area (TPSA) is 38.5 Å². The first-order chi connectivity index (χ1) is 12.2. The van der Waals surface area contributed by atoms with E-state index in [-0.39, 0.29) is 18.4 Å². The van der Waals surface area contributed by atoms with Gasteiger partial charge in [0.15, 0.2) is 0 Å². The van der Waals surface area contributed by atoms with Gasteiger partial charge in [-0.15, -0.1) is 12.4 Å². The monoisotopic (exact) mass is 374 g/mol. The molecule has 2 atom stereocenters. The minimum absolute atomic E-state index is 0. The molecule has 1 heterocycles. The smallest absolute Gasteiger partial charge is 0.122 e. The van der Waals surface area contributed by atoms with Crippen molar-refractivity contribution in [1.82, 2.24) is 5.01 Å². The van der Waals surface area contributed by atoms with Crippen LogP contribution in [0, 0.1) is 5.92 Å². The molecule has 1 saturated heterocycles. The van der Waals surface area contributed by atoms with E-state index >= 15 is 0 Å². The van der Waals surface area contributed by atoms with E-state index < -0.39 is 0 Å². The number of methoxy groups -OCH3 is 1. The van der Waals surface area contributed by atoms with Gasteiger partial charge in [-0.25, -0.2) is 5.01 Å². The first-order valence-electron chi connectivity index (χ1n) is 9.45. The van der Waals surface area contributed by atoms with Gasteiger partial charge in [-0.05, 0) is 54.4 Å². The standard InChI is InChI=1S/C22H30N2O.ClH/c1-3-8-17-12-13-21(25-2)20(15-17)16-19-11-7-14-24(23)22(19)18-9-5-4-6-10-18;/h4-6,9-10,12-13,15,19,22H,3,7-8,11,14,16,23H2,1-2H3;1H/t19-,22+;/m0./s1. The largest absolute Gasteiger partial charge is 0.496 e. The molecule has 0 bridgehead atoms. The quantitative estimate of drug-likeness (QED) is 0.728. The lowest BCUT2D eigenvalue weighted by atomic mass is 9.81. The van der Waals surface area contributed by atoms with Crippen LogP contribution >= 0.6 is 12.4 Å². The van der Waals surface area contributed by atoms with Gasteiger partial charge in [0.05, 0.1) is 13.2 Å². The van der Waals surface area contributed by atoms with Crippen LogP contribution in [0.5, 0.6) is 5.75 Å². The minimum Gasteiger partial charge on any atom is -0.496 e. The first kappa shape index (κ1) is 20.8. The second kappa shape index (κ2) is 9.96. The molecule has 0 aliphatic carbocycles. The Balaban J connectivity index is 0.00000243. The van der Waals surface area contributed by atoms with Crippen molar-refractivity contribution < 1.29 is 4.74 Å². The fourth-order valence-corrected chi connectivity index (χ4v) is 4.15. The number of hydrazine groups is 1. The van der Waals surface area contributed by atoms with Crippen molar-refractivity contribution in [1.29, 1.82) is 0 Å². The van der Waals surface area contributed by atoms with Gasteiger partial charge >= 0.3 is 0 Å². The van der Waals surface area contributed by atoms with Gasteiger partial charge in [0.25, 0.3) is 0 Å². The average molecular weight is 375 g/mol. The highest BCUT2D eigenvalue weighted by Crippen LogP contribution is 2.38. The van der Waals surface area contributed by atoms with Gasteiger partial charge in [-0.3, -0.25) is 5.84 Å². The molecule has 1 aliphatic heterocycles. The van der Waals surface area contributed by atoms with Gasteiger partial charge in [-0.1, -0.05) is 55.8 Å². The lowest BCUT2D eigenvalue weighted by Gasteiger charge is -2.39. The van der Waals surface area contributed by atoms with Gasteiger partial charge in [0, 0.05) is 6.54 Å². The molecule has 26 heavy (non-hydrogen) atoms. The van der Waals surface area contributed by atoms with Crippen LogP contribution in [0.25, 0.3) is 0 Å². The summed E-state index contributed by atoms with van der Waals surface area (Å²) in [6.45, 7) is 3.19. The second-order valence-electron chi connectivity index (χ2n) is 7.10. The second-order valence-corrected chi connectivity index (χ2v) is 7.10. The van der Waals surface area contributed by atoms with Gasteiger partial charge in [0.2, 0.25) is 0 Å². The van der Waals surface area contributed by atoms with Crippen LogP contribution in [-0.4, -0.2) is 18.7 Å². The van der Waals surface area contributed by atoms with Crippen LogP contribution in [0.15, 0.2) is 48.5 Å². The summed E-state index contributed by atoms with van der Waals surface area (Å²) in [5, 5.41) is 2.03. The molecule has 0 saturated carbocycles. The number of halogens is 1. The van der Waals surface area contributed by atoms with Crippen molar-refractivity contribution in [2.75, 3.05) is 13.7 Å². The molecule has 142 valence electrons. The maximum atomic E-state index is 6.41. The zero-order valence-corrected chi connectivity index (χ0v) is 16.7. The molecule has 3 rings (SSSR count). The number of piperidine rings is 1. The third-order valence-electron chi connectivity index (χ3n) is 5.30. The molecule has 4 heteroatoms. The molecular weight excluding hydrogens is 344 g/mol. The molecule has 1 fully saturated rings. The van der Waals surface area contributed by atoms with Crippen LogP contribution in [-0.2, 0) is 12.8 Å². The molecule has 0 amide bonds. The number of aryl methyl sites for hydroxylation is 1. The maximum absolute atomic E-state index is 6.41. The number of hydrogen-bond acceptors (Lipinski definition) is 3. The van der Waals surface area contributed by atoms with E-state index in [1.165, 1.54) is 29.5 Å². The minimum atomic E-state index is 0. The fraction of sp³-hybridized carbons (Fsp3) is 0.455. The number of hydrogen-bond donors (Lipinski definition) is 1. The number of nitrogens with two attached hydrogens (primary N) is 1. The summed E-state index contributed by atoms with van der Waals surface area (Å²) >= 11 is 0. The molecule has 0 spiro atoms. The Morgan fingerprint density at radius 1 is 1.15 bits per heavy atom. The number of rotatable bonds is 6. The van der Waals surface area contributed by atoms with E-state index in [9.17, 15) is 0 Å². The lowest BCUT2D eigenvalue weighted by Crippen LogP contribution is -2.44. The van der Waals surface area contributed by atoms with Crippen LogP contribution in [0.1, 0.15) is 48.9 Å². The summed E-state index contributed by atoms with van der Waals surface area (Å²) in [5.41, 5.74) is 4.03. The van der Waals surface area contributed by atoms with Gasteiger partial charge in [-0.2, -0.15) is 0 Å². The molecule has 0 aromatic heterocycles. The fourth-order valence-electron chi connectivity index (χ4n) is 4.15. The summed E-state index contributed by atoms with van der Waals surface area (Å²) in [4.78, 5) is 0. The molecule has 2 N–H and O–H groups in total. The molecule has 2 aromatic rings. The summed E-state index contributed by atoms with van der Waals surface area (Å²) in [5.74, 6) is 7.91. The molecule has 2 aromatic carbocycles. The summed E-state index contributed by atoms with van der Waals surface area (Å²) in [6, 6.07) is 17.6. The highest BCUT2D eigenvalue weighted by molar-refractivity contribution is 5.85. The zero-order chi connectivity index (χ0) is 17.6. The van der Waals surface area contributed by atoms with Crippen molar-refractivity contribution in [3.63, 3.8) is 0 Å². The third kappa shape index (κ3) is 4.79. The molecule has 0 radical (unpaired) electrons. The van der Waals surface area contributed by atoms with Gasteiger partial charge in [0.1, 0.15) is 5.75 Å². The van der Waals surface area contributed by atoms with E-state index in [0.717, 1.165) is 31.6 Å². The lowest BCUT2D eigenvalue weighted by molar-refractivity contribution is 0.0923. The highest BCUT2D eigenvalue weighted by Gasteiger charge is 2.31. The van der Waals surface area contributed by atoms with E-state index in [0.29, 0.717) is 5.92 Å². The Kier molecular flexibility index (Phi) is 7.95. The normalized spacial score (nSPS) is 20.4. The Bertz CT molecular complexity index is 677. The summed E-state index contributed by atoms with van der Waals surface area (Å²) < 4.78 is 5.64. The first-order valence-corrected chi connectivity index (χ1v) is 9.45. The van der Waals surface area contributed by atoms with Crippen LogP contribution < -0.4 is 10.6 Å². The van der Waals surface area contributed by atoms with Crippen molar-refractivity contribution >= 4 is 12.4 Å². The Labute approximate surface area is 163 Å². The van der Waals surface area contributed by atoms with E-state index in [1.807, 2.05) is 5.01 Å². The maximum Gasteiger partial charge on any atom is 0.122 e.